The summed E-state index contributed by atoms with van der Waals surface area (Å²) in [5, 5.41) is 3.66. The number of benzene rings is 1. The maximum Gasteiger partial charge on any atom is 0.338 e. The minimum Gasteiger partial charge on any atom is -0.467 e. The monoisotopic (exact) mass is 502 g/mol. The Morgan fingerprint density at radius 2 is 1.94 bits per heavy atom. The number of rotatable bonds is 8. The zero-order chi connectivity index (χ0) is 24.9. The van der Waals surface area contributed by atoms with Gasteiger partial charge in [-0.05, 0) is 74.6 Å². The summed E-state index contributed by atoms with van der Waals surface area (Å²) in [5.74, 6) is 1.45. The maximum atomic E-state index is 13.1. The van der Waals surface area contributed by atoms with Gasteiger partial charge in [-0.25, -0.2) is 9.79 Å². The van der Waals surface area contributed by atoms with E-state index in [4.69, 9.17) is 13.6 Å². The van der Waals surface area contributed by atoms with Gasteiger partial charge in [0.1, 0.15) is 22.3 Å². The number of amides is 1. The van der Waals surface area contributed by atoms with Gasteiger partial charge in [-0.1, -0.05) is 12.1 Å². The van der Waals surface area contributed by atoms with E-state index in [0.717, 1.165) is 36.8 Å². The van der Waals surface area contributed by atoms with Crippen LogP contribution in [0.2, 0.25) is 0 Å². The van der Waals surface area contributed by atoms with Crippen molar-refractivity contribution in [1.29, 1.82) is 0 Å². The molecule has 1 aromatic carbocycles. The van der Waals surface area contributed by atoms with Crippen LogP contribution in [0.25, 0.3) is 11.3 Å². The summed E-state index contributed by atoms with van der Waals surface area (Å²) in [6.45, 7) is 2.44. The first kappa shape index (κ1) is 23.8. The summed E-state index contributed by atoms with van der Waals surface area (Å²) < 4.78 is 16.3. The molecule has 7 nitrogen and oxygen atoms in total. The maximum absolute atomic E-state index is 13.1. The predicted molar refractivity (Wildman–Crippen MR) is 138 cm³/mol. The third-order valence-corrected chi connectivity index (χ3v) is 7.20. The second-order valence-electron chi connectivity index (χ2n) is 8.41. The molecular weight excluding hydrogens is 476 g/mol. The number of carbonyl (C=O) groups is 2. The standard InChI is InChI=1S/C28H26N2O5S/c1-2-33-28(32)19-11-9-18(10-12-19)23-14-13-21(35-23)17-30-27-25(22-7-3-4-8-24(22)36-27)26(31)29-16-20-6-5-15-34-20/h5-6,9-15,17H,2-4,7-8,16H2,1H3,(H,29,31). The molecule has 0 saturated carbocycles. The summed E-state index contributed by atoms with van der Waals surface area (Å²) in [4.78, 5) is 30.9. The van der Waals surface area contributed by atoms with Crippen LogP contribution in [-0.4, -0.2) is 24.7 Å². The molecule has 0 aliphatic heterocycles. The number of hydrogen-bond acceptors (Lipinski definition) is 7. The van der Waals surface area contributed by atoms with E-state index < -0.39 is 0 Å². The van der Waals surface area contributed by atoms with Crippen LogP contribution in [0.4, 0.5) is 5.00 Å². The molecule has 1 aliphatic carbocycles. The molecule has 184 valence electrons. The van der Waals surface area contributed by atoms with Crippen molar-refractivity contribution in [2.24, 2.45) is 4.99 Å². The zero-order valence-corrected chi connectivity index (χ0v) is 20.7. The van der Waals surface area contributed by atoms with Crippen LogP contribution in [0, 0.1) is 0 Å². The fourth-order valence-electron chi connectivity index (χ4n) is 4.23. The predicted octanol–water partition coefficient (Wildman–Crippen LogP) is 6.34. The Kier molecular flexibility index (Phi) is 7.13. The van der Waals surface area contributed by atoms with Crippen LogP contribution < -0.4 is 5.32 Å². The summed E-state index contributed by atoms with van der Waals surface area (Å²) >= 11 is 1.58. The van der Waals surface area contributed by atoms with Gasteiger partial charge in [0, 0.05) is 10.4 Å². The van der Waals surface area contributed by atoms with Crippen LogP contribution in [0.3, 0.4) is 0 Å². The first-order valence-corrected chi connectivity index (χ1v) is 12.8. The number of esters is 1. The van der Waals surface area contributed by atoms with Crippen molar-refractivity contribution in [2.45, 2.75) is 39.2 Å². The summed E-state index contributed by atoms with van der Waals surface area (Å²) in [7, 11) is 0. The molecule has 0 saturated heterocycles. The van der Waals surface area contributed by atoms with Gasteiger partial charge in [0.25, 0.3) is 5.91 Å². The van der Waals surface area contributed by atoms with Crippen LogP contribution in [0.1, 0.15) is 62.4 Å². The van der Waals surface area contributed by atoms with Crippen molar-refractivity contribution < 1.29 is 23.2 Å². The molecule has 1 N–H and O–H groups in total. The molecule has 0 bridgehead atoms. The summed E-state index contributed by atoms with van der Waals surface area (Å²) in [6, 6.07) is 14.4. The summed E-state index contributed by atoms with van der Waals surface area (Å²) in [6.07, 6.45) is 7.30. The second kappa shape index (κ2) is 10.8. The highest BCUT2D eigenvalue weighted by Crippen LogP contribution is 2.40. The Balaban J connectivity index is 1.34. The number of nitrogens with zero attached hydrogens (tertiary/aromatic N) is 1. The number of aryl methyl sites for hydroxylation is 1. The molecule has 0 radical (unpaired) electrons. The lowest BCUT2D eigenvalue weighted by Crippen LogP contribution is -2.23. The van der Waals surface area contributed by atoms with Crippen molar-refractivity contribution in [1.82, 2.24) is 5.32 Å². The Morgan fingerprint density at radius 1 is 1.11 bits per heavy atom. The third-order valence-electron chi connectivity index (χ3n) is 6.00. The Morgan fingerprint density at radius 3 is 2.72 bits per heavy atom. The van der Waals surface area contributed by atoms with Crippen molar-refractivity contribution in [3.05, 3.63) is 87.9 Å². The van der Waals surface area contributed by atoms with E-state index in [1.165, 1.54) is 4.88 Å². The molecule has 1 aliphatic rings. The Labute approximate surface area is 212 Å². The molecule has 0 unspecified atom stereocenters. The highest BCUT2D eigenvalue weighted by Gasteiger charge is 2.25. The average molecular weight is 503 g/mol. The Hall–Kier alpha value is -3.91. The van der Waals surface area contributed by atoms with Gasteiger partial charge in [-0.2, -0.15) is 0 Å². The Bertz CT molecular complexity index is 1380. The van der Waals surface area contributed by atoms with Gasteiger partial charge in [0.2, 0.25) is 0 Å². The number of aliphatic imine (C=N–C) groups is 1. The normalized spacial score (nSPS) is 13.0. The van der Waals surface area contributed by atoms with Gasteiger partial charge in [-0.15, -0.1) is 11.3 Å². The first-order chi connectivity index (χ1) is 17.6. The quantitative estimate of drug-likeness (QED) is 0.224. The van der Waals surface area contributed by atoms with Crippen molar-refractivity contribution in [3.8, 4) is 11.3 Å². The fourth-order valence-corrected chi connectivity index (χ4v) is 5.46. The van der Waals surface area contributed by atoms with E-state index in [-0.39, 0.29) is 11.9 Å². The van der Waals surface area contributed by atoms with Crippen molar-refractivity contribution >= 4 is 34.4 Å². The second-order valence-corrected chi connectivity index (χ2v) is 9.49. The van der Waals surface area contributed by atoms with Gasteiger partial charge in [0.15, 0.2) is 0 Å². The molecule has 3 aromatic heterocycles. The molecule has 0 spiro atoms. The molecule has 0 fully saturated rings. The number of ether oxygens (including phenoxy) is 1. The van der Waals surface area contributed by atoms with E-state index in [1.54, 1.807) is 48.9 Å². The lowest BCUT2D eigenvalue weighted by atomic mass is 9.95. The van der Waals surface area contributed by atoms with E-state index in [0.29, 0.717) is 46.6 Å². The van der Waals surface area contributed by atoms with Crippen LogP contribution in [-0.2, 0) is 24.1 Å². The van der Waals surface area contributed by atoms with E-state index in [1.807, 2.05) is 30.3 Å². The van der Waals surface area contributed by atoms with Crippen LogP contribution >= 0.6 is 11.3 Å². The number of thiophene rings is 1. The van der Waals surface area contributed by atoms with Gasteiger partial charge >= 0.3 is 5.97 Å². The molecule has 3 heterocycles. The molecule has 36 heavy (non-hydrogen) atoms. The largest absolute Gasteiger partial charge is 0.467 e. The van der Waals surface area contributed by atoms with Crippen LogP contribution in [0.15, 0.2) is 68.6 Å². The van der Waals surface area contributed by atoms with Crippen molar-refractivity contribution in [2.75, 3.05) is 6.61 Å². The molecule has 5 rings (SSSR count). The summed E-state index contributed by atoms with van der Waals surface area (Å²) in [5.41, 5.74) is 3.09. The van der Waals surface area contributed by atoms with E-state index in [2.05, 4.69) is 10.3 Å². The molecule has 1 amide bonds. The first-order valence-electron chi connectivity index (χ1n) is 12.0. The number of hydrogen-bond donors (Lipinski definition) is 1. The zero-order valence-electron chi connectivity index (χ0n) is 19.9. The van der Waals surface area contributed by atoms with Crippen molar-refractivity contribution in [3.63, 3.8) is 0 Å². The van der Waals surface area contributed by atoms with E-state index >= 15 is 0 Å². The minimum absolute atomic E-state index is 0.139. The van der Waals surface area contributed by atoms with Gasteiger partial charge in [0.05, 0.1) is 36.8 Å². The lowest BCUT2D eigenvalue weighted by molar-refractivity contribution is 0.0526. The molecule has 0 atom stereocenters. The SMILES string of the molecule is CCOC(=O)c1ccc(-c2ccc(C=Nc3sc4c(c3C(=O)NCc3ccco3)CCCC4)o2)cc1. The number of furan rings is 2. The fraction of sp³-hybridized carbons (Fsp3) is 0.250. The number of carbonyl (C=O) groups excluding carboxylic acids is 2. The third kappa shape index (κ3) is 5.18. The van der Waals surface area contributed by atoms with Gasteiger partial charge < -0.3 is 18.9 Å². The molecular formula is C28H26N2O5S. The lowest BCUT2D eigenvalue weighted by Gasteiger charge is -2.12. The minimum atomic E-state index is -0.348. The highest BCUT2D eigenvalue weighted by atomic mass is 32.1. The number of fused-ring (bicyclic) bond motifs is 1. The van der Waals surface area contributed by atoms with Gasteiger partial charge in [-0.3, -0.25) is 4.79 Å². The smallest absolute Gasteiger partial charge is 0.338 e. The highest BCUT2D eigenvalue weighted by molar-refractivity contribution is 7.16. The average Bonchev–Trinajstić information content (AvgIpc) is 3.66. The number of nitrogens with one attached hydrogen (secondary N) is 1. The topological polar surface area (TPSA) is 94.0 Å². The van der Waals surface area contributed by atoms with E-state index in [9.17, 15) is 9.59 Å². The molecule has 8 heteroatoms. The van der Waals surface area contributed by atoms with Crippen LogP contribution in [0.5, 0.6) is 0 Å². The molecule has 4 aromatic rings.